The molecule has 5 aromatic rings. The van der Waals surface area contributed by atoms with Crippen molar-refractivity contribution >= 4 is 17.2 Å². The summed E-state index contributed by atoms with van der Waals surface area (Å²) in [6.45, 7) is 1.73. The molecule has 0 saturated carbocycles. The zero-order valence-corrected chi connectivity index (χ0v) is 18.8. The lowest BCUT2D eigenvalue weighted by Gasteiger charge is -2.13. The third-order valence-corrected chi connectivity index (χ3v) is 5.25. The first-order valence-corrected chi connectivity index (χ1v) is 10.7. The van der Waals surface area contributed by atoms with E-state index >= 15 is 0 Å². The number of rotatable bonds is 3. The molecule has 10 heteroatoms. The molecule has 0 atom stereocenters. The predicted octanol–water partition coefficient (Wildman–Crippen LogP) is 4.89. The van der Waals surface area contributed by atoms with Gasteiger partial charge in [-0.25, -0.2) is 14.5 Å². The molecular formula is C26H17F3N6O. The van der Waals surface area contributed by atoms with Crippen molar-refractivity contribution in [3.05, 3.63) is 108 Å². The molecule has 0 saturated heterocycles. The second-order valence-electron chi connectivity index (χ2n) is 7.91. The van der Waals surface area contributed by atoms with E-state index in [2.05, 4.69) is 32.2 Å². The third kappa shape index (κ3) is 4.81. The standard InChI is InChI=1S/C26H17F3N6O/c1-17-15-34(16-31-17)23-12-20(26(27,28)29)11-21(13-23)33-25(36)19-5-2-4-18(10-19)7-8-22-14-30-24-6-3-9-32-35(22)24/h2-6,9-16H,1H3,(H,33,36). The van der Waals surface area contributed by atoms with E-state index in [0.29, 0.717) is 22.6 Å². The van der Waals surface area contributed by atoms with E-state index in [9.17, 15) is 18.0 Å². The number of carbonyl (C=O) groups is 1. The van der Waals surface area contributed by atoms with Crippen molar-refractivity contribution in [1.82, 2.24) is 24.1 Å². The highest BCUT2D eigenvalue weighted by atomic mass is 19.4. The van der Waals surface area contributed by atoms with Gasteiger partial charge in [0.15, 0.2) is 5.65 Å². The summed E-state index contributed by atoms with van der Waals surface area (Å²) in [4.78, 5) is 21.2. The Kier molecular flexibility index (Phi) is 5.74. The number of nitrogens with one attached hydrogen (secondary N) is 1. The smallest absolute Gasteiger partial charge is 0.322 e. The van der Waals surface area contributed by atoms with Crippen molar-refractivity contribution in [3.63, 3.8) is 0 Å². The van der Waals surface area contributed by atoms with E-state index in [0.717, 1.165) is 12.1 Å². The van der Waals surface area contributed by atoms with Gasteiger partial charge in [0.25, 0.3) is 5.91 Å². The van der Waals surface area contributed by atoms with Crippen LogP contribution in [-0.2, 0) is 6.18 Å². The average molecular weight is 486 g/mol. The van der Waals surface area contributed by atoms with Gasteiger partial charge < -0.3 is 9.88 Å². The van der Waals surface area contributed by atoms with Crippen LogP contribution in [0, 0.1) is 18.8 Å². The lowest BCUT2D eigenvalue weighted by atomic mass is 10.1. The van der Waals surface area contributed by atoms with Gasteiger partial charge in [0.1, 0.15) is 5.69 Å². The topological polar surface area (TPSA) is 77.1 Å². The molecule has 5 rings (SSSR count). The molecule has 0 aliphatic carbocycles. The van der Waals surface area contributed by atoms with Crippen molar-refractivity contribution in [3.8, 4) is 17.5 Å². The molecule has 0 spiro atoms. The maximum atomic E-state index is 13.5. The van der Waals surface area contributed by atoms with Gasteiger partial charge in [0.2, 0.25) is 0 Å². The summed E-state index contributed by atoms with van der Waals surface area (Å²) in [6.07, 6.45) is 1.64. The number of imidazole rings is 2. The first kappa shape index (κ1) is 22.9. The van der Waals surface area contributed by atoms with Crippen LogP contribution in [0.5, 0.6) is 0 Å². The number of fused-ring (bicyclic) bond motifs is 1. The number of benzene rings is 2. The molecule has 36 heavy (non-hydrogen) atoms. The molecule has 1 N–H and O–H groups in total. The molecule has 0 aliphatic heterocycles. The fourth-order valence-corrected chi connectivity index (χ4v) is 3.55. The minimum Gasteiger partial charge on any atom is -0.322 e. The van der Waals surface area contributed by atoms with Crippen molar-refractivity contribution in [1.29, 1.82) is 0 Å². The Bertz CT molecular complexity index is 1660. The van der Waals surface area contributed by atoms with E-state index in [-0.39, 0.29) is 16.9 Å². The maximum Gasteiger partial charge on any atom is 0.416 e. The van der Waals surface area contributed by atoms with E-state index in [4.69, 9.17) is 0 Å². The van der Waals surface area contributed by atoms with Crippen LogP contribution in [0.2, 0.25) is 0 Å². The normalized spacial score (nSPS) is 11.2. The number of alkyl halides is 3. The van der Waals surface area contributed by atoms with Crippen molar-refractivity contribution < 1.29 is 18.0 Å². The highest BCUT2D eigenvalue weighted by Crippen LogP contribution is 2.33. The predicted molar refractivity (Wildman–Crippen MR) is 127 cm³/mol. The molecule has 0 bridgehead atoms. The number of aryl methyl sites for hydroxylation is 1. The number of hydrogen-bond donors (Lipinski definition) is 1. The van der Waals surface area contributed by atoms with Crippen molar-refractivity contribution in [2.45, 2.75) is 13.1 Å². The van der Waals surface area contributed by atoms with Crippen molar-refractivity contribution in [2.24, 2.45) is 0 Å². The number of anilines is 1. The summed E-state index contributed by atoms with van der Waals surface area (Å²) in [6, 6.07) is 13.4. The van der Waals surface area contributed by atoms with Gasteiger partial charge in [-0.05, 0) is 61.4 Å². The minimum atomic E-state index is -4.59. The molecule has 1 amide bonds. The summed E-state index contributed by atoms with van der Waals surface area (Å²) in [7, 11) is 0. The minimum absolute atomic E-state index is 0.00414. The molecule has 3 heterocycles. The molecule has 2 aromatic carbocycles. The third-order valence-electron chi connectivity index (χ3n) is 5.25. The Morgan fingerprint density at radius 2 is 1.89 bits per heavy atom. The van der Waals surface area contributed by atoms with Crippen LogP contribution in [0.1, 0.15) is 32.9 Å². The summed E-state index contributed by atoms with van der Waals surface area (Å²) >= 11 is 0. The van der Waals surface area contributed by atoms with Crippen LogP contribution in [-0.4, -0.2) is 30.1 Å². The van der Waals surface area contributed by atoms with E-state index in [1.165, 1.54) is 17.0 Å². The molecule has 0 aliphatic rings. The number of halogens is 3. The monoisotopic (exact) mass is 486 g/mol. The van der Waals surface area contributed by atoms with Gasteiger partial charge in [-0.15, -0.1) is 0 Å². The quantitative estimate of drug-likeness (QED) is 0.368. The second kappa shape index (κ2) is 9.03. The van der Waals surface area contributed by atoms with Gasteiger partial charge in [-0.1, -0.05) is 12.0 Å². The Morgan fingerprint density at radius 1 is 1.03 bits per heavy atom. The number of aromatic nitrogens is 5. The van der Waals surface area contributed by atoms with Crippen LogP contribution in [0.25, 0.3) is 11.3 Å². The molecule has 0 fully saturated rings. The Balaban J connectivity index is 1.42. The Morgan fingerprint density at radius 3 is 2.67 bits per heavy atom. The number of nitrogens with zero attached hydrogens (tertiary/aromatic N) is 5. The molecule has 3 aromatic heterocycles. The number of carbonyl (C=O) groups excluding carboxylic acids is 1. The van der Waals surface area contributed by atoms with Crippen molar-refractivity contribution in [2.75, 3.05) is 5.32 Å². The lowest BCUT2D eigenvalue weighted by Crippen LogP contribution is -2.14. The summed E-state index contributed by atoms with van der Waals surface area (Å²) in [5.41, 5.74) is 2.01. The average Bonchev–Trinajstić information content (AvgIpc) is 3.48. The molecule has 0 unspecified atom stereocenters. The highest BCUT2D eigenvalue weighted by Gasteiger charge is 2.31. The summed E-state index contributed by atoms with van der Waals surface area (Å²) in [5, 5.41) is 6.77. The van der Waals surface area contributed by atoms with Gasteiger partial charge >= 0.3 is 6.18 Å². The number of hydrogen-bond acceptors (Lipinski definition) is 4. The molecule has 0 radical (unpaired) electrons. The first-order chi connectivity index (χ1) is 17.3. The van der Waals surface area contributed by atoms with Crippen LogP contribution in [0.4, 0.5) is 18.9 Å². The second-order valence-corrected chi connectivity index (χ2v) is 7.91. The Hall–Kier alpha value is -4.91. The van der Waals surface area contributed by atoms with Crippen LogP contribution in [0.15, 0.2) is 79.5 Å². The van der Waals surface area contributed by atoms with Gasteiger partial charge in [0, 0.05) is 34.9 Å². The molecule has 7 nitrogen and oxygen atoms in total. The fraction of sp³-hybridized carbons (Fsp3) is 0.0769. The molecule has 178 valence electrons. The largest absolute Gasteiger partial charge is 0.416 e. The van der Waals surface area contributed by atoms with E-state index in [1.54, 1.807) is 66.4 Å². The Labute approximate surface area is 203 Å². The van der Waals surface area contributed by atoms with E-state index in [1.807, 2.05) is 0 Å². The van der Waals surface area contributed by atoms with Gasteiger partial charge in [-0.2, -0.15) is 18.3 Å². The van der Waals surface area contributed by atoms with E-state index < -0.39 is 17.6 Å². The zero-order chi connectivity index (χ0) is 25.3. The van der Waals surface area contributed by atoms with Gasteiger partial charge in [0.05, 0.1) is 23.8 Å². The maximum absolute atomic E-state index is 13.5. The van der Waals surface area contributed by atoms with Gasteiger partial charge in [-0.3, -0.25) is 4.79 Å². The van der Waals surface area contributed by atoms with Crippen LogP contribution >= 0.6 is 0 Å². The number of amides is 1. The highest BCUT2D eigenvalue weighted by molar-refractivity contribution is 6.04. The van der Waals surface area contributed by atoms with Crippen LogP contribution in [0.3, 0.4) is 0 Å². The fourth-order valence-electron chi connectivity index (χ4n) is 3.55. The SMILES string of the molecule is Cc1cn(-c2cc(NC(=O)c3cccc(C#Cc4cnc5cccnn45)c3)cc(C(F)(F)F)c2)cn1. The zero-order valence-electron chi connectivity index (χ0n) is 18.8. The first-order valence-electron chi connectivity index (χ1n) is 10.7. The summed E-state index contributed by atoms with van der Waals surface area (Å²) < 4.78 is 43.6. The molecular weight excluding hydrogens is 469 g/mol. The summed E-state index contributed by atoms with van der Waals surface area (Å²) in [5.74, 6) is 5.38. The lowest BCUT2D eigenvalue weighted by molar-refractivity contribution is -0.137. The van der Waals surface area contributed by atoms with Crippen LogP contribution < -0.4 is 5.32 Å².